The van der Waals surface area contributed by atoms with Crippen molar-refractivity contribution in [3.63, 3.8) is 0 Å². The second-order valence-electron chi connectivity index (χ2n) is 3.71. The third-order valence-electron chi connectivity index (χ3n) is 2.29. The van der Waals surface area contributed by atoms with Gasteiger partial charge in [0.15, 0.2) is 5.13 Å². The van der Waals surface area contributed by atoms with Crippen LogP contribution in [0.4, 0.5) is 24.0 Å². The van der Waals surface area contributed by atoms with Gasteiger partial charge in [-0.1, -0.05) is 15.9 Å². The number of aromatic nitrogens is 1. The Morgan fingerprint density at radius 1 is 1.40 bits per heavy atom. The van der Waals surface area contributed by atoms with Crippen LogP contribution in [0.3, 0.4) is 0 Å². The Hall–Kier alpha value is -1.61. The smallest absolute Gasteiger partial charge is 0.375 e. The number of amides is 1. The van der Waals surface area contributed by atoms with Crippen LogP contribution in [0.5, 0.6) is 0 Å². The average Bonchev–Trinajstić information content (AvgIpc) is 2.77. The van der Waals surface area contributed by atoms with Crippen molar-refractivity contribution in [2.45, 2.75) is 6.18 Å². The Kier molecular flexibility index (Phi) is 4.00. The number of alkyl halides is 3. The van der Waals surface area contributed by atoms with Gasteiger partial charge in [-0.2, -0.15) is 13.2 Å². The molecule has 0 saturated carbocycles. The van der Waals surface area contributed by atoms with Crippen LogP contribution >= 0.6 is 27.3 Å². The first-order valence-corrected chi connectivity index (χ1v) is 6.84. The number of nitrogens with zero attached hydrogens (tertiary/aromatic N) is 1. The van der Waals surface area contributed by atoms with Crippen molar-refractivity contribution in [1.29, 1.82) is 0 Å². The van der Waals surface area contributed by atoms with E-state index in [1.165, 1.54) is 17.5 Å². The molecule has 0 unspecified atom stereocenters. The quantitative estimate of drug-likeness (QED) is 0.851. The molecule has 106 valence electrons. The van der Waals surface area contributed by atoms with Gasteiger partial charge in [-0.15, -0.1) is 11.3 Å². The van der Waals surface area contributed by atoms with Crippen molar-refractivity contribution in [3.05, 3.63) is 39.3 Å². The Morgan fingerprint density at radius 2 is 2.10 bits per heavy atom. The summed E-state index contributed by atoms with van der Waals surface area (Å²) >= 11 is 3.99. The molecular formula is C11H7BrF3N3OS. The number of halogens is 4. The molecule has 0 aliphatic heterocycles. The number of carbonyl (C=O) groups excluding carboxylic acids is 1. The number of hydrogen-bond acceptors (Lipinski definition) is 4. The lowest BCUT2D eigenvalue weighted by Crippen LogP contribution is -2.17. The van der Waals surface area contributed by atoms with Crippen LogP contribution in [0.1, 0.15) is 16.1 Å². The molecule has 0 radical (unpaired) electrons. The monoisotopic (exact) mass is 365 g/mol. The minimum Gasteiger partial charge on any atom is -0.375 e. The van der Waals surface area contributed by atoms with Gasteiger partial charge < -0.3 is 11.1 Å². The van der Waals surface area contributed by atoms with Crippen LogP contribution < -0.4 is 11.1 Å². The highest BCUT2D eigenvalue weighted by Crippen LogP contribution is 2.36. The molecule has 0 bridgehead atoms. The number of nitrogens with two attached hydrogens (primary N) is 1. The van der Waals surface area contributed by atoms with Gasteiger partial charge in [0.2, 0.25) is 0 Å². The molecule has 1 heterocycles. The summed E-state index contributed by atoms with van der Waals surface area (Å²) in [5.74, 6) is -0.745. The molecule has 1 aromatic carbocycles. The van der Waals surface area contributed by atoms with Crippen LogP contribution in [0.2, 0.25) is 0 Å². The van der Waals surface area contributed by atoms with E-state index in [0.717, 1.165) is 17.4 Å². The fourth-order valence-corrected chi connectivity index (χ4v) is 2.34. The molecule has 3 N–H and O–H groups in total. The Labute approximate surface area is 123 Å². The molecule has 0 aliphatic carbocycles. The van der Waals surface area contributed by atoms with Crippen molar-refractivity contribution in [1.82, 2.24) is 4.98 Å². The van der Waals surface area contributed by atoms with Crippen LogP contribution in [0.15, 0.2) is 28.1 Å². The Balaban J connectivity index is 2.32. The topological polar surface area (TPSA) is 68.0 Å². The van der Waals surface area contributed by atoms with Crippen molar-refractivity contribution in [3.8, 4) is 0 Å². The number of anilines is 2. The van der Waals surface area contributed by atoms with E-state index in [1.807, 2.05) is 0 Å². The largest absolute Gasteiger partial charge is 0.418 e. The molecule has 0 fully saturated rings. The molecular weight excluding hydrogens is 359 g/mol. The molecule has 4 nitrogen and oxygen atoms in total. The molecule has 0 atom stereocenters. The fraction of sp³-hybridized carbons (Fsp3) is 0.0909. The van der Waals surface area contributed by atoms with E-state index in [2.05, 4.69) is 26.2 Å². The first kappa shape index (κ1) is 14.8. The normalized spacial score (nSPS) is 11.4. The van der Waals surface area contributed by atoms with Gasteiger partial charge in [-0.05, 0) is 18.2 Å². The predicted octanol–water partition coefficient (Wildman–Crippen LogP) is 3.76. The minimum atomic E-state index is -4.58. The molecule has 2 rings (SSSR count). The molecule has 1 aromatic heterocycles. The third-order valence-corrected chi connectivity index (χ3v) is 3.46. The van der Waals surface area contributed by atoms with Crippen LogP contribution in [0, 0.1) is 0 Å². The zero-order valence-corrected chi connectivity index (χ0v) is 12.1. The van der Waals surface area contributed by atoms with E-state index in [-0.39, 0.29) is 21.0 Å². The van der Waals surface area contributed by atoms with E-state index >= 15 is 0 Å². The summed E-state index contributed by atoms with van der Waals surface area (Å²) in [6.45, 7) is 0. The maximum absolute atomic E-state index is 12.9. The van der Waals surface area contributed by atoms with Gasteiger partial charge in [0.05, 0.1) is 11.3 Å². The molecule has 2 aromatic rings. The fourth-order valence-electron chi connectivity index (χ4n) is 1.44. The number of nitrogens with one attached hydrogen (secondary N) is 1. The molecule has 0 aliphatic rings. The summed E-state index contributed by atoms with van der Waals surface area (Å²) in [6, 6.07) is 3.46. The minimum absolute atomic E-state index is 0.0245. The van der Waals surface area contributed by atoms with Crippen LogP contribution in [-0.4, -0.2) is 10.9 Å². The van der Waals surface area contributed by atoms with Gasteiger partial charge >= 0.3 is 6.18 Å². The summed E-state index contributed by atoms with van der Waals surface area (Å²) in [5, 5.41) is 3.72. The van der Waals surface area contributed by atoms with E-state index in [4.69, 9.17) is 5.73 Å². The second-order valence-corrected chi connectivity index (χ2v) is 5.52. The van der Waals surface area contributed by atoms with E-state index in [9.17, 15) is 18.0 Å². The summed E-state index contributed by atoms with van der Waals surface area (Å²) in [6.07, 6.45) is -4.58. The van der Waals surface area contributed by atoms with E-state index in [0.29, 0.717) is 0 Å². The maximum Gasteiger partial charge on any atom is 0.418 e. The van der Waals surface area contributed by atoms with Gasteiger partial charge in [-0.3, -0.25) is 4.79 Å². The van der Waals surface area contributed by atoms with Crippen molar-refractivity contribution >= 4 is 44.0 Å². The molecule has 1 amide bonds. The first-order chi connectivity index (χ1) is 9.27. The van der Waals surface area contributed by atoms with Crippen molar-refractivity contribution < 1.29 is 18.0 Å². The lowest BCUT2D eigenvalue weighted by molar-refractivity contribution is -0.136. The zero-order valence-electron chi connectivity index (χ0n) is 9.66. The number of thiazole rings is 1. The molecule has 0 saturated heterocycles. The average molecular weight is 366 g/mol. The van der Waals surface area contributed by atoms with Gasteiger partial charge in [0.1, 0.15) is 5.69 Å². The van der Waals surface area contributed by atoms with Gasteiger partial charge in [0.25, 0.3) is 5.91 Å². The number of nitrogen functional groups attached to an aromatic ring is 1. The number of benzene rings is 1. The van der Waals surface area contributed by atoms with Gasteiger partial charge in [-0.25, -0.2) is 4.98 Å². The second kappa shape index (κ2) is 5.41. The van der Waals surface area contributed by atoms with Crippen molar-refractivity contribution in [2.75, 3.05) is 11.1 Å². The third kappa shape index (κ3) is 3.28. The Bertz CT molecular complexity index is 657. The van der Waals surface area contributed by atoms with E-state index < -0.39 is 17.6 Å². The highest BCUT2D eigenvalue weighted by atomic mass is 79.9. The van der Waals surface area contributed by atoms with Crippen molar-refractivity contribution in [2.24, 2.45) is 0 Å². The summed E-state index contributed by atoms with van der Waals surface area (Å²) in [5.41, 5.74) is 4.07. The molecule has 9 heteroatoms. The van der Waals surface area contributed by atoms with E-state index in [1.54, 1.807) is 0 Å². The highest BCUT2D eigenvalue weighted by molar-refractivity contribution is 9.10. The molecule has 0 spiro atoms. The van der Waals surface area contributed by atoms with Crippen LogP contribution in [-0.2, 0) is 6.18 Å². The SMILES string of the molecule is Nc1nc(C(=O)Nc2ccc(Br)cc2C(F)(F)F)cs1. The summed E-state index contributed by atoms with van der Waals surface area (Å²) in [7, 11) is 0. The summed E-state index contributed by atoms with van der Waals surface area (Å²) < 4.78 is 38.9. The number of carbonyl (C=O) groups is 1. The Morgan fingerprint density at radius 3 is 2.65 bits per heavy atom. The number of rotatable bonds is 2. The standard InChI is InChI=1S/C11H7BrF3N3OS/c12-5-1-2-7(6(3-5)11(13,14)15)17-9(19)8-4-20-10(16)18-8/h1-4H,(H2,16,18)(H,17,19). The summed E-state index contributed by atoms with van der Waals surface area (Å²) in [4.78, 5) is 15.5. The maximum atomic E-state index is 12.9. The van der Waals surface area contributed by atoms with Crippen LogP contribution in [0.25, 0.3) is 0 Å². The zero-order chi connectivity index (χ0) is 14.9. The number of hydrogen-bond donors (Lipinski definition) is 2. The lowest BCUT2D eigenvalue weighted by Gasteiger charge is -2.13. The van der Waals surface area contributed by atoms with Gasteiger partial charge in [0, 0.05) is 9.85 Å². The highest BCUT2D eigenvalue weighted by Gasteiger charge is 2.34. The lowest BCUT2D eigenvalue weighted by atomic mass is 10.1. The predicted molar refractivity (Wildman–Crippen MR) is 73.6 cm³/mol. The first-order valence-electron chi connectivity index (χ1n) is 5.16. The molecule has 20 heavy (non-hydrogen) atoms.